The first-order valence-corrected chi connectivity index (χ1v) is 6.05. The highest BCUT2D eigenvalue weighted by Gasteiger charge is 2.10. The van der Waals surface area contributed by atoms with E-state index < -0.39 is 0 Å². The van der Waals surface area contributed by atoms with Gasteiger partial charge in [-0.05, 0) is 53.5 Å². The average molecular weight is 293 g/mol. The fourth-order valence-electron chi connectivity index (χ4n) is 1.84. The first-order valence-electron chi connectivity index (χ1n) is 5.26. The van der Waals surface area contributed by atoms with E-state index in [4.69, 9.17) is 5.73 Å². The minimum atomic E-state index is -0.172. The molecule has 0 radical (unpaired) electrons. The van der Waals surface area contributed by atoms with E-state index in [0.29, 0.717) is 5.69 Å². The zero-order valence-electron chi connectivity index (χ0n) is 9.70. The number of hydrogen-bond donors (Lipinski definition) is 1. The second-order valence-corrected chi connectivity index (χ2v) is 4.83. The molecule has 0 unspecified atom stereocenters. The van der Waals surface area contributed by atoms with Crippen molar-refractivity contribution in [3.05, 3.63) is 56.4 Å². The second-order valence-electron chi connectivity index (χ2n) is 3.97. The molecule has 0 aliphatic carbocycles. The van der Waals surface area contributed by atoms with Gasteiger partial charge in [0.05, 0.1) is 5.69 Å². The Bertz CT molecular complexity index is 632. The summed E-state index contributed by atoms with van der Waals surface area (Å²) in [7, 11) is 0. The number of pyridine rings is 1. The van der Waals surface area contributed by atoms with Crippen LogP contribution < -0.4 is 11.3 Å². The van der Waals surface area contributed by atoms with Gasteiger partial charge in [-0.1, -0.05) is 12.1 Å². The Morgan fingerprint density at radius 2 is 1.88 bits per heavy atom. The van der Waals surface area contributed by atoms with Crippen LogP contribution in [0.3, 0.4) is 0 Å². The Morgan fingerprint density at radius 1 is 1.24 bits per heavy atom. The molecule has 17 heavy (non-hydrogen) atoms. The monoisotopic (exact) mass is 292 g/mol. The molecule has 0 fully saturated rings. The molecule has 0 saturated heterocycles. The van der Waals surface area contributed by atoms with Gasteiger partial charge in [0.15, 0.2) is 0 Å². The third-order valence-electron chi connectivity index (χ3n) is 2.73. The summed E-state index contributed by atoms with van der Waals surface area (Å²) >= 11 is 3.44. The molecule has 4 heteroatoms. The summed E-state index contributed by atoms with van der Waals surface area (Å²) in [6, 6.07) is 9.49. The van der Waals surface area contributed by atoms with E-state index >= 15 is 0 Å². The van der Waals surface area contributed by atoms with E-state index in [0.717, 1.165) is 21.4 Å². The molecule has 0 amide bonds. The number of aryl methyl sites for hydroxylation is 2. The number of nitrogens with zero attached hydrogens (tertiary/aromatic N) is 1. The van der Waals surface area contributed by atoms with Gasteiger partial charge in [-0.15, -0.1) is 0 Å². The van der Waals surface area contributed by atoms with Crippen LogP contribution in [0.4, 0.5) is 5.69 Å². The predicted octanol–water partition coefficient (Wildman–Crippen LogP) is 2.80. The molecule has 1 aromatic heterocycles. The molecular formula is C13H13BrN2O. The van der Waals surface area contributed by atoms with E-state index in [1.54, 1.807) is 4.57 Å². The maximum absolute atomic E-state index is 12.2. The summed E-state index contributed by atoms with van der Waals surface area (Å²) in [5, 5.41) is 0. The highest BCUT2D eigenvalue weighted by atomic mass is 79.9. The van der Waals surface area contributed by atoms with Crippen molar-refractivity contribution in [3.8, 4) is 5.69 Å². The van der Waals surface area contributed by atoms with E-state index in [2.05, 4.69) is 15.9 Å². The lowest BCUT2D eigenvalue weighted by Gasteiger charge is -2.13. The normalized spacial score (nSPS) is 10.5. The third kappa shape index (κ3) is 2.00. The number of benzene rings is 1. The zero-order chi connectivity index (χ0) is 12.6. The van der Waals surface area contributed by atoms with E-state index in [-0.39, 0.29) is 5.56 Å². The second kappa shape index (κ2) is 4.37. The average Bonchev–Trinajstić information content (AvgIpc) is 2.29. The maximum Gasteiger partial charge on any atom is 0.278 e. The quantitative estimate of drug-likeness (QED) is 0.879. The van der Waals surface area contributed by atoms with Crippen molar-refractivity contribution in [1.29, 1.82) is 0 Å². The number of para-hydroxylation sites is 1. The van der Waals surface area contributed by atoms with Gasteiger partial charge in [-0.2, -0.15) is 0 Å². The molecule has 0 atom stereocenters. The van der Waals surface area contributed by atoms with E-state index in [1.807, 2.05) is 44.2 Å². The van der Waals surface area contributed by atoms with Gasteiger partial charge in [-0.25, -0.2) is 0 Å². The van der Waals surface area contributed by atoms with Crippen LogP contribution in [0.15, 0.2) is 39.6 Å². The molecule has 1 aromatic carbocycles. The van der Waals surface area contributed by atoms with Gasteiger partial charge in [0.1, 0.15) is 5.69 Å². The number of nitrogen functional groups attached to an aromatic ring is 1. The Balaban J connectivity index is 2.82. The number of anilines is 1. The predicted molar refractivity (Wildman–Crippen MR) is 73.6 cm³/mol. The van der Waals surface area contributed by atoms with Crippen LogP contribution in [-0.2, 0) is 0 Å². The molecular weight excluding hydrogens is 280 g/mol. The van der Waals surface area contributed by atoms with Gasteiger partial charge in [-0.3, -0.25) is 9.36 Å². The number of halogens is 1. The molecule has 0 spiro atoms. The van der Waals surface area contributed by atoms with Crippen LogP contribution in [0.5, 0.6) is 0 Å². The summed E-state index contributed by atoms with van der Waals surface area (Å²) in [6.07, 6.45) is 0. The summed E-state index contributed by atoms with van der Waals surface area (Å²) in [5.74, 6) is 0. The summed E-state index contributed by atoms with van der Waals surface area (Å²) in [6.45, 7) is 3.74. The van der Waals surface area contributed by atoms with Crippen molar-refractivity contribution < 1.29 is 0 Å². The summed E-state index contributed by atoms with van der Waals surface area (Å²) in [5.41, 5.74) is 8.41. The Morgan fingerprint density at radius 3 is 2.53 bits per heavy atom. The summed E-state index contributed by atoms with van der Waals surface area (Å²) < 4.78 is 2.49. The standard InChI is InChI=1S/C13H13BrN2O/c1-8-7-9(2)16(13(17)12(8)15)11-6-4-3-5-10(11)14/h3-7H,15H2,1-2H3. The van der Waals surface area contributed by atoms with Gasteiger partial charge in [0.25, 0.3) is 5.56 Å². The molecule has 0 bridgehead atoms. The highest BCUT2D eigenvalue weighted by molar-refractivity contribution is 9.10. The lowest BCUT2D eigenvalue weighted by molar-refractivity contribution is 0.927. The maximum atomic E-state index is 12.2. The lowest BCUT2D eigenvalue weighted by Crippen LogP contribution is -2.24. The number of hydrogen-bond acceptors (Lipinski definition) is 2. The molecule has 2 aromatic rings. The van der Waals surface area contributed by atoms with Crippen molar-refractivity contribution in [2.45, 2.75) is 13.8 Å². The van der Waals surface area contributed by atoms with Gasteiger partial charge in [0.2, 0.25) is 0 Å². The third-order valence-corrected chi connectivity index (χ3v) is 3.40. The Kier molecular flexibility index (Phi) is 3.07. The molecule has 88 valence electrons. The smallest absolute Gasteiger partial charge is 0.278 e. The lowest BCUT2D eigenvalue weighted by atomic mass is 10.2. The first-order chi connectivity index (χ1) is 8.02. The zero-order valence-corrected chi connectivity index (χ0v) is 11.3. The fraction of sp³-hybridized carbons (Fsp3) is 0.154. The van der Waals surface area contributed by atoms with Crippen LogP contribution in [-0.4, -0.2) is 4.57 Å². The van der Waals surface area contributed by atoms with Crippen LogP contribution in [0, 0.1) is 13.8 Å². The highest BCUT2D eigenvalue weighted by Crippen LogP contribution is 2.21. The van der Waals surface area contributed by atoms with Crippen LogP contribution in [0.1, 0.15) is 11.3 Å². The van der Waals surface area contributed by atoms with Gasteiger partial charge in [0, 0.05) is 10.2 Å². The fourth-order valence-corrected chi connectivity index (χ4v) is 2.30. The summed E-state index contributed by atoms with van der Waals surface area (Å²) in [4.78, 5) is 12.2. The number of rotatable bonds is 1. The van der Waals surface area contributed by atoms with Crippen LogP contribution in [0.2, 0.25) is 0 Å². The molecule has 0 aliphatic heterocycles. The Labute approximate surface area is 108 Å². The van der Waals surface area contributed by atoms with Crippen molar-refractivity contribution in [1.82, 2.24) is 4.57 Å². The SMILES string of the molecule is Cc1cc(C)n(-c2ccccc2Br)c(=O)c1N. The Hall–Kier alpha value is -1.55. The van der Waals surface area contributed by atoms with Gasteiger partial charge < -0.3 is 5.73 Å². The minimum absolute atomic E-state index is 0.172. The number of nitrogens with two attached hydrogens (primary N) is 1. The van der Waals surface area contributed by atoms with Gasteiger partial charge >= 0.3 is 0 Å². The molecule has 1 heterocycles. The van der Waals surface area contributed by atoms with Crippen molar-refractivity contribution in [3.63, 3.8) is 0 Å². The van der Waals surface area contributed by atoms with Crippen molar-refractivity contribution in [2.24, 2.45) is 0 Å². The van der Waals surface area contributed by atoms with E-state index in [9.17, 15) is 4.79 Å². The molecule has 2 rings (SSSR count). The molecule has 2 N–H and O–H groups in total. The van der Waals surface area contributed by atoms with Crippen LogP contribution >= 0.6 is 15.9 Å². The topological polar surface area (TPSA) is 48.0 Å². The molecule has 0 aliphatic rings. The largest absolute Gasteiger partial charge is 0.394 e. The number of aromatic nitrogens is 1. The van der Waals surface area contributed by atoms with Crippen molar-refractivity contribution >= 4 is 21.6 Å². The molecule has 0 saturated carbocycles. The molecule has 3 nitrogen and oxygen atoms in total. The van der Waals surface area contributed by atoms with Crippen LogP contribution in [0.25, 0.3) is 5.69 Å². The first kappa shape index (κ1) is 11.9. The van der Waals surface area contributed by atoms with E-state index in [1.165, 1.54) is 0 Å². The minimum Gasteiger partial charge on any atom is -0.394 e. The van der Waals surface area contributed by atoms with Crippen molar-refractivity contribution in [2.75, 3.05) is 5.73 Å².